The van der Waals surface area contributed by atoms with E-state index in [4.69, 9.17) is 9.40 Å². The summed E-state index contributed by atoms with van der Waals surface area (Å²) >= 11 is 0. The molecule has 154 valence electrons. The van der Waals surface area contributed by atoms with Gasteiger partial charge in [0.25, 0.3) is 0 Å². The molecule has 0 atom stereocenters. The zero-order chi connectivity index (χ0) is 21.8. The molecular weight excluding hydrogens is 404 g/mol. The van der Waals surface area contributed by atoms with Crippen molar-refractivity contribution in [3.8, 4) is 22.3 Å². The zero-order valence-electron chi connectivity index (χ0n) is 17.7. The number of nitrogens with zero attached hydrogens (tertiary/aromatic N) is 2. The molecule has 7 aromatic rings. The van der Waals surface area contributed by atoms with Gasteiger partial charge in [0.05, 0.1) is 11.0 Å². The smallest absolute Gasteiger partial charge is 0.246 e. The van der Waals surface area contributed by atoms with Crippen LogP contribution in [0.3, 0.4) is 0 Å². The van der Waals surface area contributed by atoms with Crippen molar-refractivity contribution in [1.29, 1.82) is 0 Å². The van der Waals surface area contributed by atoms with Crippen LogP contribution < -0.4 is 0 Å². The van der Waals surface area contributed by atoms with Gasteiger partial charge in [-0.3, -0.25) is 0 Å². The Morgan fingerprint density at radius 2 is 1.24 bits per heavy atom. The Kier molecular flexibility index (Phi) is 3.84. The Morgan fingerprint density at radius 1 is 0.515 bits per heavy atom. The average molecular weight is 422 g/mol. The molecule has 33 heavy (non-hydrogen) atoms. The lowest BCUT2D eigenvalue weighted by atomic mass is 9.95. The molecule has 0 fully saturated rings. The molecule has 0 bridgehead atoms. The van der Waals surface area contributed by atoms with Crippen LogP contribution in [-0.2, 0) is 0 Å². The number of para-hydroxylation sites is 2. The van der Waals surface area contributed by atoms with Crippen molar-refractivity contribution < 1.29 is 4.42 Å². The molecule has 3 nitrogen and oxygen atoms in total. The molecule has 5 aromatic carbocycles. The monoisotopic (exact) mass is 422 g/mol. The van der Waals surface area contributed by atoms with Gasteiger partial charge in [0.2, 0.25) is 5.71 Å². The Labute approximate surface area is 190 Å². The van der Waals surface area contributed by atoms with E-state index >= 15 is 0 Å². The summed E-state index contributed by atoms with van der Waals surface area (Å²) in [7, 11) is 0. The van der Waals surface area contributed by atoms with Gasteiger partial charge in [-0.15, -0.1) is 0 Å². The molecule has 0 saturated carbocycles. The molecule has 0 aliphatic rings. The van der Waals surface area contributed by atoms with E-state index in [0.29, 0.717) is 5.71 Å². The normalized spacial score (nSPS) is 11.6. The van der Waals surface area contributed by atoms with E-state index < -0.39 is 0 Å². The minimum Gasteiger partial charge on any atom is -0.436 e. The maximum absolute atomic E-state index is 6.02. The van der Waals surface area contributed by atoms with Crippen molar-refractivity contribution in [2.75, 3.05) is 0 Å². The van der Waals surface area contributed by atoms with Crippen LogP contribution in [0, 0.1) is 0 Å². The van der Waals surface area contributed by atoms with Crippen LogP contribution in [0.1, 0.15) is 0 Å². The maximum Gasteiger partial charge on any atom is 0.246 e. The van der Waals surface area contributed by atoms with E-state index in [9.17, 15) is 0 Å². The Morgan fingerprint density at radius 3 is 2.18 bits per heavy atom. The van der Waals surface area contributed by atoms with Gasteiger partial charge in [0, 0.05) is 5.39 Å². The van der Waals surface area contributed by atoms with Crippen LogP contribution in [0.25, 0.3) is 66.3 Å². The van der Waals surface area contributed by atoms with E-state index in [1.807, 2.05) is 30.3 Å². The highest BCUT2D eigenvalue weighted by molar-refractivity contribution is 6.05. The standard InChI is InChI=1S/C30H18N2O/c1-2-11-23-19(7-1)8-6-12-24(23)22-10-5-9-20(17-22)21-15-16-28-25(18-21)29-30(33-28)32-27-14-4-3-13-26(27)31-29/h1-18H. The van der Waals surface area contributed by atoms with E-state index in [2.05, 4.69) is 83.8 Å². The lowest BCUT2D eigenvalue weighted by Crippen LogP contribution is -1.85. The molecule has 0 unspecified atom stereocenters. The van der Waals surface area contributed by atoms with Crippen LogP contribution >= 0.6 is 0 Å². The van der Waals surface area contributed by atoms with Crippen LogP contribution in [-0.4, -0.2) is 9.97 Å². The fourth-order valence-electron chi connectivity index (χ4n) is 4.66. The Hall–Kier alpha value is -4.50. The molecule has 0 amide bonds. The molecule has 0 aliphatic heterocycles. The Bertz CT molecular complexity index is 1830. The molecule has 0 spiro atoms. The van der Waals surface area contributed by atoms with Gasteiger partial charge in [-0.05, 0) is 63.4 Å². The zero-order valence-corrected chi connectivity index (χ0v) is 17.7. The van der Waals surface area contributed by atoms with E-state index in [1.54, 1.807) is 0 Å². The van der Waals surface area contributed by atoms with Gasteiger partial charge in [-0.25, -0.2) is 9.97 Å². The minimum atomic E-state index is 0.574. The first kappa shape index (κ1) is 18.1. The number of rotatable bonds is 2. The number of hydrogen-bond donors (Lipinski definition) is 0. The van der Waals surface area contributed by atoms with Gasteiger partial charge in [0.15, 0.2) is 0 Å². The second-order valence-electron chi connectivity index (χ2n) is 8.29. The average Bonchev–Trinajstić information content (AvgIpc) is 3.23. The lowest BCUT2D eigenvalue weighted by Gasteiger charge is -2.09. The topological polar surface area (TPSA) is 38.9 Å². The summed E-state index contributed by atoms with van der Waals surface area (Å²) in [6.07, 6.45) is 0. The first-order valence-corrected chi connectivity index (χ1v) is 11.0. The van der Waals surface area contributed by atoms with Crippen molar-refractivity contribution in [2.24, 2.45) is 0 Å². The van der Waals surface area contributed by atoms with Crippen molar-refractivity contribution in [2.45, 2.75) is 0 Å². The molecule has 2 heterocycles. The second kappa shape index (κ2) is 7.01. The molecule has 0 N–H and O–H groups in total. The van der Waals surface area contributed by atoms with E-state index in [1.165, 1.54) is 21.9 Å². The van der Waals surface area contributed by atoms with Crippen LogP contribution in [0.15, 0.2) is 114 Å². The van der Waals surface area contributed by atoms with Gasteiger partial charge in [0.1, 0.15) is 11.1 Å². The lowest BCUT2D eigenvalue weighted by molar-refractivity contribution is 0.655. The molecular formula is C30H18N2O. The largest absolute Gasteiger partial charge is 0.436 e. The van der Waals surface area contributed by atoms with Gasteiger partial charge >= 0.3 is 0 Å². The first-order valence-electron chi connectivity index (χ1n) is 11.0. The SMILES string of the molecule is c1cc(-c2ccc3oc4nc5ccccc5nc4c3c2)cc(-c2cccc3ccccc23)c1. The summed E-state index contributed by atoms with van der Waals surface area (Å²) < 4.78 is 6.02. The number of benzene rings is 5. The van der Waals surface area contributed by atoms with Crippen molar-refractivity contribution >= 4 is 44.0 Å². The van der Waals surface area contributed by atoms with Crippen LogP contribution in [0.5, 0.6) is 0 Å². The number of furan rings is 1. The van der Waals surface area contributed by atoms with Crippen molar-refractivity contribution in [3.63, 3.8) is 0 Å². The van der Waals surface area contributed by atoms with Crippen LogP contribution in [0.4, 0.5) is 0 Å². The summed E-state index contributed by atoms with van der Waals surface area (Å²) in [5, 5.41) is 3.49. The molecule has 0 aliphatic carbocycles. The van der Waals surface area contributed by atoms with Crippen LogP contribution in [0.2, 0.25) is 0 Å². The molecule has 2 aromatic heterocycles. The molecule has 0 radical (unpaired) electrons. The maximum atomic E-state index is 6.02. The molecule has 7 rings (SSSR count). The first-order chi connectivity index (χ1) is 16.3. The summed E-state index contributed by atoms with van der Waals surface area (Å²) in [5.41, 5.74) is 8.61. The fraction of sp³-hybridized carbons (Fsp3) is 0. The fourth-order valence-corrected chi connectivity index (χ4v) is 4.66. The third kappa shape index (κ3) is 2.90. The number of fused-ring (bicyclic) bond motifs is 5. The minimum absolute atomic E-state index is 0.574. The number of hydrogen-bond acceptors (Lipinski definition) is 3. The highest BCUT2D eigenvalue weighted by Gasteiger charge is 2.13. The summed E-state index contributed by atoms with van der Waals surface area (Å²) in [6.45, 7) is 0. The third-order valence-corrected chi connectivity index (χ3v) is 6.28. The predicted octanol–water partition coefficient (Wildman–Crippen LogP) is 8.02. The molecule has 0 saturated heterocycles. The second-order valence-corrected chi connectivity index (χ2v) is 8.29. The van der Waals surface area contributed by atoms with Gasteiger partial charge in [-0.1, -0.05) is 78.9 Å². The highest BCUT2D eigenvalue weighted by Crippen LogP contribution is 2.34. The summed E-state index contributed by atoms with van der Waals surface area (Å²) in [6, 6.07) is 37.9. The van der Waals surface area contributed by atoms with Crippen molar-refractivity contribution in [1.82, 2.24) is 9.97 Å². The van der Waals surface area contributed by atoms with Crippen molar-refractivity contribution in [3.05, 3.63) is 109 Å². The predicted molar refractivity (Wildman–Crippen MR) is 135 cm³/mol. The van der Waals surface area contributed by atoms with E-state index in [-0.39, 0.29) is 0 Å². The Balaban J connectivity index is 1.40. The highest BCUT2D eigenvalue weighted by atomic mass is 16.3. The molecule has 3 heteroatoms. The van der Waals surface area contributed by atoms with Gasteiger partial charge < -0.3 is 4.42 Å². The van der Waals surface area contributed by atoms with Gasteiger partial charge in [-0.2, -0.15) is 0 Å². The van der Waals surface area contributed by atoms with E-state index in [0.717, 1.165) is 38.6 Å². The number of aromatic nitrogens is 2. The summed E-state index contributed by atoms with van der Waals surface area (Å²) in [4.78, 5) is 9.51. The third-order valence-electron chi connectivity index (χ3n) is 6.28. The quantitative estimate of drug-likeness (QED) is 0.283. The summed E-state index contributed by atoms with van der Waals surface area (Å²) in [5.74, 6) is 0.